The molecule has 98 valence electrons. The fourth-order valence-electron chi connectivity index (χ4n) is 2.01. The van der Waals surface area contributed by atoms with Gasteiger partial charge < -0.3 is 0 Å². The molecule has 0 aliphatic carbocycles. The van der Waals surface area contributed by atoms with Gasteiger partial charge in [0, 0.05) is 10.0 Å². The molecule has 3 nitrogen and oxygen atoms in total. The number of aryl methyl sites for hydroxylation is 1. The van der Waals surface area contributed by atoms with Crippen molar-refractivity contribution in [3.05, 3.63) is 34.4 Å². The number of hydrogen-bond donors (Lipinski definition) is 0. The van der Waals surface area contributed by atoms with E-state index in [0.29, 0.717) is 0 Å². The first kappa shape index (κ1) is 13.1. The quantitative estimate of drug-likeness (QED) is 0.649. The number of benzene rings is 1. The Kier molecular flexibility index (Phi) is 3.64. The van der Waals surface area contributed by atoms with Gasteiger partial charge >= 0.3 is 0 Å². The van der Waals surface area contributed by atoms with E-state index < -0.39 is 0 Å². The minimum Gasteiger partial charge on any atom is -0.217 e. The van der Waals surface area contributed by atoms with Gasteiger partial charge in [-0.1, -0.05) is 58.1 Å². The van der Waals surface area contributed by atoms with Gasteiger partial charge in [0.2, 0.25) is 4.96 Å². The predicted molar refractivity (Wildman–Crippen MR) is 85.2 cm³/mol. The van der Waals surface area contributed by atoms with E-state index in [2.05, 4.69) is 40.1 Å². The third-order valence-electron chi connectivity index (χ3n) is 2.91. The zero-order valence-corrected chi connectivity index (χ0v) is 13.8. The molecule has 0 N–H and O–H groups in total. The molecule has 2 heterocycles. The van der Waals surface area contributed by atoms with Gasteiger partial charge in [0.25, 0.3) is 0 Å². The van der Waals surface area contributed by atoms with Crippen LogP contribution in [-0.4, -0.2) is 20.9 Å². The molecular weight excluding hydrogens is 342 g/mol. The van der Waals surface area contributed by atoms with E-state index in [4.69, 9.17) is 4.98 Å². The number of halogens is 1. The average Bonchev–Trinajstić information content (AvgIpc) is 2.96. The van der Waals surface area contributed by atoms with Crippen LogP contribution in [0.3, 0.4) is 0 Å². The fraction of sp³-hybridized carbons (Fsp3) is 0.231. The molecule has 0 spiro atoms. The second-order valence-corrected chi connectivity index (χ2v) is 6.96. The Morgan fingerprint density at radius 1 is 1.32 bits per heavy atom. The summed E-state index contributed by atoms with van der Waals surface area (Å²) in [7, 11) is 0. The first-order chi connectivity index (χ1) is 9.22. The molecule has 0 unspecified atom stereocenters. The predicted octanol–water partition coefficient (Wildman–Crippen LogP) is 4.50. The second-order valence-electron chi connectivity index (χ2n) is 4.03. The fourth-order valence-corrected chi connectivity index (χ4v) is 3.65. The molecule has 6 heteroatoms. The lowest BCUT2D eigenvalue weighted by Gasteiger charge is -2.01. The molecule has 0 aliphatic rings. The van der Waals surface area contributed by atoms with E-state index >= 15 is 0 Å². The Morgan fingerprint density at radius 3 is 2.68 bits per heavy atom. The summed E-state index contributed by atoms with van der Waals surface area (Å²) in [4.78, 5) is 5.71. The number of fused-ring (bicyclic) bond motifs is 1. The molecule has 3 aromatic rings. The lowest BCUT2D eigenvalue weighted by molar-refractivity contribution is 0.847. The number of hydrogen-bond acceptors (Lipinski definition) is 4. The van der Waals surface area contributed by atoms with E-state index in [1.54, 1.807) is 23.1 Å². The van der Waals surface area contributed by atoms with Gasteiger partial charge in [-0.25, -0.2) is 9.50 Å². The van der Waals surface area contributed by atoms with Crippen LogP contribution in [0.2, 0.25) is 0 Å². The van der Waals surface area contributed by atoms with E-state index in [-0.39, 0.29) is 0 Å². The highest BCUT2D eigenvalue weighted by Crippen LogP contribution is 2.30. The molecule has 0 bridgehead atoms. The molecular formula is C13H12BrN3S2. The Balaban J connectivity index is 2.18. The molecule has 0 saturated carbocycles. The van der Waals surface area contributed by atoms with Gasteiger partial charge in [-0.15, -0.1) is 5.10 Å². The number of nitrogens with zero attached hydrogens (tertiary/aromatic N) is 3. The van der Waals surface area contributed by atoms with Crippen molar-refractivity contribution < 1.29 is 0 Å². The van der Waals surface area contributed by atoms with Crippen molar-refractivity contribution in [2.75, 3.05) is 6.26 Å². The van der Waals surface area contributed by atoms with Gasteiger partial charge in [0.15, 0.2) is 4.34 Å². The van der Waals surface area contributed by atoms with Crippen LogP contribution in [0.25, 0.3) is 16.2 Å². The van der Waals surface area contributed by atoms with Crippen LogP contribution in [0, 0.1) is 0 Å². The maximum absolute atomic E-state index is 4.74. The number of rotatable bonds is 3. The summed E-state index contributed by atoms with van der Waals surface area (Å²) in [5.41, 5.74) is 3.36. The molecule has 0 atom stereocenters. The number of imidazole rings is 1. The van der Waals surface area contributed by atoms with Crippen LogP contribution in [0.1, 0.15) is 12.6 Å². The minimum atomic E-state index is 0.921. The van der Waals surface area contributed by atoms with E-state index in [0.717, 1.165) is 31.5 Å². The first-order valence-corrected chi connectivity index (χ1v) is 8.74. The molecule has 0 saturated heterocycles. The normalized spacial score (nSPS) is 11.3. The van der Waals surface area contributed by atoms with Crippen LogP contribution < -0.4 is 0 Å². The maximum atomic E-state index is 4.74. The van der Waals surface area contributed by atoms with Crippen LogP contribution >= 0.6 is 39.0 Å². The van der Waals surface area contributed by atoms with Gasteiger partial charge in [0.1, 0.15) is 0 Å². The van der Waals surface area contributed by atoms with Crippen molar-refractivity contribution in [1.82, 2.24) is 14.6 Å². The largest absolute Gasteiger partial charge is 0.217 e. The van der Waals surface area contributed by atoms with Crippen LogP contribution in [0.15, 0.2) is 33.1 Å². The highest BCUT2D eigenvalue weighted by molar-refractivity contribution is 9.10. The summed E-state index contributed by atoms with van der Waals surface area (Å²) in [5.74, 6) is 0. The van der Waals surface area contributed by atoms with Crippen molar-refractivity contribution in [3.63, 3.8) is 0 Å². The minimum absolute atomic E-state index is 0.921. The Labute approximate surface area is 128 Å². The summed E-state index contributed by atoms with van der Waals surface area (Å²) >= 11 is 6.76. The molecule has 3 rings (SSSR count). The summed E-state index contributed by atoms with van der Waals surface area (Å²) in [6, 6.07) is 8.27. The van der Waals surface area contributed by atoms with Crippen LogP contribution in [-0.2, 0) is 6.42 Å². The second kappa shape index (κ2) is 5.26. The first-order valence-electron chi connectivity index (χ1n) is 5.91. The molecule has 2 aromatic heterocycles. The van der Waals surface area contributed by atoms with Gasteiger partial charge in [-0.05, 0) is 24.8 Å². The molecule has 1 aromatic carbocycles. The molecule has 0 amide bonds. The van der Waals surface area contributed by atoms with Gasteiger partial charge in [0.05, 0.1) is 11.4 Å². The van der Waals surface area contributed by atoms with Crippen molar-refractivity contribution >= 4 is 44.0 Å². The molecule has 19 heavy (non-hydrogen) atoms. The maximum Gasteiger partial charge on any atom is 0.213 e. The van der Waals surface area contributed by atoms with Crippen molar-refractivity contribution in [1.29, 1.82) is 0 Å². The third kappa shape index (κ3) is 2.32. The zero-order chi connectivity index (χ0) is 13.4. The summed E-state index contributed by atoms with van der Waals surface area (Å²) < 4.78 is 4.12. The highest BCUT2D eigenvalue weighted by atomic mass is 79.9. The lowest BCUT2D eigenvalue weighted by atomic mass is 10.1. The van der Waals surface area contributed by atoms with E-state index in [1.165, 1.54) is 5.69 Å². The Morgan fingerprint density at radius 2 is 2.05 bits per heavy atom. The SMILES string of the molecule is CCc1c(-c2ccc(Br)cc2)nc2sc(SC)nn12. The highest BCUT2D eigenvalue weighted by Gasteiger charge is 2.16. The molecule has 0 radical (unpaired) electrons. The zero-order valence-electron chi connectivity index (χ0n) is 10.6. The van der Waals surface area contributed by atoms with Crippen molar-refractivity contribution in [2.24, 2.45) is 0 Å². The molecule has 0 aliphatic heterocycles. The van der Waals surface area contributed by atoms with Crippen molar-refractivity contribution in [2.45, 2.75) is 17.7 Å². The Hall–Kier alpha value is -0.850. The molecule has 0 fully saturated rings. The monoisotopic (exact) mass is 353 g/mol. The third-order valence-corrected chi connectivity index (χ3v) is 5.32. The van der Waals surface area contributed by atoms with E-state index in [1.807, 2.05) is 22.9 Å². The lowest BCUT2D eigenvalue weighted by Crippen LogP contribution is -1.93. The number of aromatic nitrogens is 3. The van der Waals surface area contributed by atoms with E-state index in [9.17, 15) is 0 Å². The topological polar surface area (TPSA) is 30.2 Å². The summed E-state index contributed by atoms with van der Waals surface area (Å²) in [6.07, 6.45) is 2.96. The summed E-state index contributed by atoms with van der Waals surface area (Å²) in [5, 5.41) is 4.59. The Bertz CT molecular complexity index is 715. The van der Waals surface area contributed by atoms with Crippen LogP contribution in [0.5, 0.6) is 0 Å². The standard InChI is InChI=1S/C13H12BrN3S2/c1-3-10-11(8-4-6-9(14)7-5-8)15-12-17(10)16-13(18-2)19-12/h4-7H,3H2,1-2H3. The smallest absolute Gasteiger partial charge is 0.213 e. The average molecular weight is 354 g/mol. The van der Waals surface area contributed by atoms with Crippen molar-refractivity contribution in [3.8, 4) is 11.3 Å². The van der Waals surface area contributed by atoms with Gasteiger partial charge in [-0.2, -0.15) is 0 Å². The van der Waals surface area contributed by atoms with Gasteiger partial charge in [-0.3, -0.25) is 0 Å². The van der Waals surface area contributed by atoms with Crippen LogP contribution in [0.4, 0.5) is 0 Å². The number of thioether (sulfide) groups is 1. The summed E-state index contributed by atoms with van der Waals surface area (Å²) in [6.45, 7) is 2.14.